The first-order valence-corrected chi connectivity index (χ1v) is 12.7. The molecular weight excluding hydrogens is 529 g/mol. The van der Waals surface area contributed by atoms with E-state index in [1.807, 2.05) is 0 Å². The van der Waals surface area contributed by atoms with Crippen LogP contribution in [0.15, 0.2) is 24.5 Å². The third-order valence-corrected chi connectivity index (χ3v) is 7.19. The minimum Gasteiger partial charge on any atom is -0.435 e. The van der Waals surface area contributed by atoms with Crippen LogP contribution in [0.3, 0.4) is 0 Å². The lowest BCUT2D eigenvalue weighted by Crippen LogP contribution is -2.64. The highest BCUT2D eigenvalue weighted by Gasteiger charge is 2.49. The number of alkyl halides is 3. The minimum absolute atomic E-state index is 0.0375. The van der Waals surface area contributed by atoms with E-state index >= 15 is 0 Å². The molecule has 0 unspecified atom stereocenters. The summed E-state index contributed by atoms with van der Waals surface area (Å²) < 4.78 is 69.4. The first-order valence-electron chi connectivity index (χ1n) is 14.2. The van der Waals surface area contributed by atoms with Gasteiger partial charge in [0, 0.05) is 42.4 Å². The van der Waals surface area contributed by atoms with Gasteiger partial charge in [-0.05, 0) is 38.2 Å². The number of nitrogens with one attached hydrogen (secondary N) is 1. The van der Waals surface area contributed by atoms with Gasteiger partial charge in [0.2, 0.25) is 17.7 Å². The number of nitrogens with zero attached hydrogens (tertiary/aromatic N) is 7. The Morgan fingerprint density at radius 3 is 2.73 bits per heavy atom. The van der Waals surface area contributed by atoms with Crippen molar-refractivity contribution >= 4 is 23.4 Å². The van der Waals surface area contributed by atoms with Crippen LogP contribution in [-0.2, 0) is 23.9 Å². The fourth-order valence-corrected chi connectivity index (χ4v) is 4.77. The van der Waals surface area contributed by atoms with Gasteiger partial charge in [0.25, 0.3) is 5.91 Å². The third kappa shape index (κ3) is 4.55. The van der Waals surface area contributed by atoms with Crippen molar-refractivity contribution in [3.8, 4) is 11.6 Å². The van der Waals surface area contributed by atoms with E-state index < -0.39 is 37.0 Å². The molecule has 0 aromatic carbocycles. The number of aliphatic hydroxyl groups is 1. The lowest BCUT2D eigenvalue weighted by atomic mass is 9.93. The van der Waals surface area contributed by atoms with Crippen molar-refractivity contribution in [2.24, 2.45) is 0 Å². The van der Waals surface area contributed by atoms with Crippen LogP contribution in [-0.4, -0.2) is 61.6 Å². The molecule has 1 fully saturated rings. The van der Waals surface area contributed by atoms with Crippen molar-refractivity contribution < 1.29 is 31.9 Å². The summed E-state index contributed by atoms with van der Waals surface area (Å²) >= 11 is 0. The van der Waals surface area contributed by atoms with Gasteiger partial charge in [-0.3, -0.25) is 4.79 Å². The Labute approximate surface area is 231 Å². The molecule has 3 aliphatic rings. The molecule has 3 aromatic rings. The van der Waals surface area contributed by atoms with Gasteiger partial charge < -0.3 is 25.0 Å². The zero-order chi connectivity index (χ0) is 30.7. The second-order valence-electron chi connectivity index (χ2n) is 10.2. The van der Waals surface area contributed by atoms with E-state index in [9.17, 15) is 23.1 Å². The summed E-state index contributed by atoms with van der Waals surface area (Å²) in [7, 11) is 0. The number of aromatic nitrogens is 5. The predicted octanol–water partition coefficient (Wildman–Crippen LogP) is 3.44. The Morgan fingerprint density at radius 2 is 2.05 bits per heavy atom. The number of amides is 1. The lowest BCUT2D eigenvalue weighted by Gasteiger charge is -2.47. The van der Waals surface area contributed by atoms with Gasteiger partial charge in [-0.1, -0.05) is 6.07 Å². The summed E-state index contributed by atoms with van der Waals surface area (Å²) in [5.41, 5.74) is -0.00110. The Morgan fingerprint density at radius 1 is 1.23 bits per heavy atom. The molecule has 1 aliphatic carbocycles. The van der Waals surface area contributed by atoms with Crippen LogP contribution in [0, 0.1) is 0 Å². The molecule has 3 aromatic heterocycles. The number of aliphatic hydroxyl groups excluding tert-OH is 1. The molecule has 14 heteroatoms. The number of rotatable bonds is 7. The van der Waals surface area contributed by atoms with Crippen molar-refractivity contribution in [1.29, 1.82) is 0 Å². The van der Waals surface area contributed by atoms with Gasteiger partial charge in [-0.25, -0.2) is 19.9 Å². The quantitative estimate of drug-likeness (QED) is 0.444. The Kier molecular flexibility index (Phi) is 5.42. The molecule has 40 heavy (non-hydrogen) atoms. The summed E-state index contributed by atoms with van der Waals surface area (Å²) in [6.45, 7) is -1.56. The number of pyridine rings is 1. The summed E-state index contributed by atoms with van der Waals surface area (Å²) in [5, 5.41) is 13.2. The second-order valence-corrected chi connectivity index (χ2v) is 10.2. The number of ether oxygens (including phenoxy) is 1. The minimum atomic E-state index is -4.66. The number of aryl methyl sites for hydroxylation is 1. The highest BCUT2D eigenvalue weighted by Crippen LogP contribution is 2.45. The zero-order valence-electron chi connectivity index (χ0n) is 24.4. The van der Waals surface area contributed by atoms with Gasteiger partial charge in [-0.15, -0.1) is 0 Å². The average Bonchev–Trinajstić information content (AvgIpc) is 3.80. The number of carbonyl (C=O) groups excluding carboxylic acids is 1. The smallest absolute Gasteiger partial charge is 0.435 e. The molecule has 210 valence electrons. The standard InChI is InChI=1S/C26H27F3N8O3/c1-25(13-38)23(39)37-9-3-4-16-20(37)21(36(25)2)35-24(33-16)32-11-14-5-8-18(30-10-14)40-17-12-31-22(26(27,28)29)34-19(17)15-6-7-15/h5,8,10,12,15,38H,3-4,6-7,9,11,13H2,1-2H3,(H,32,33,35)/t25-/m0/s1/i2D3. The lowest BCUT2D eigenvalue weighted by molar-refractivity contribution is -0.145. The van der Waals surface area contributed by atoms with Crippen molar-refractivity contribution in [2.45, 2.75) is 56.8 Å². The van der Waals surface area contributed by atoms with Crippen molar-refractivity contribution in [3.63, 3.8) is 0 Å². The van der Waals surface area contributed by atoms with E-state index in [-0.39, 0.29) is 41.6 Å². The summed E-state index contributed by atoms with van der Waals surface area (Å²) in [6.07, 6.45) is 0.415. The maximum atomic E-state index is 13.3. The third-order valence-electron chi connectivity index (χ3n) is 7.19. The van der Waals surface area contributed by atoms with E-state index in [4.69, 9.17) is 8.85 Å². The van der Waals surface area contributed by atoms with E-state index in [1.165, 1.54) is 18.0 Å². The molecule has 1 saturated carbocycles. The zero-order valence-corrected chi connectivity index (χ0v) is 21.4. The molecule has 2 N–H and O–H groups in total. The topological polar surface area (TPSA) is 129 Å². The Bertz CT molecular complexity index is 1570. The van der Waals surface area contributed by atoms with Gasteiger partial charge in [0.1, 0.15) is 11.2 Å². The number of anilines is 3. The molecule has 0 saturated heterocycles. The summed E-state index contributed by atoms with van der Waals surface area (Å²) in [5.74, 6) is -1.42. The van der Waals surface area contributed by atoms with E-state index in [2.05, 4.69) is 30.2 Å². The van der Waals surface area contributed by atoms with Crippen LogP contribution in [0.5, 0.6) is 11.6 Å². The maximum absolute atomic E-state index is 13.3. The van der Waals surface area contributed by atoms with Crippen LogP contribution in [0.2, 0.25) is 0 Å². The summed E-state index contributed by atoms with van der Waals surface area (Å²) in [6, 6.07) is 3.24. The molecule has 0 bridgehead atoms. The molecule has 1 atom stereocenters. The SMILES string of the molecule is [2H]C([2H])([2H])N1c2nc(NCc3ccc(Oc4cnc(C(F)(F)F)nc4C4CC4)nc3)nc3c2N(CCC3)C(=O)[C@]1(C)CO. The highest BCUT2D eigenvalue weighted by molar-refractivity contribution is 6.08. The average molecular weight is 560 g/mol. The second kappa shape index (κ2) is 9.54. The fourth-order valence-electron chi connectivity index (χ4n) is 4.77. The number of carbonyl (C=O) groups is 1. The largest absolute Gasteiger partial charge is 0.451 e. The van der Waals surface area contributed by atoms with Crippen molar-refractivity contribution in [1.82, 2.24) is 24.9 Å². The Hall–Kier alpha value is -4.07. The maximum Gasteiger partial charge on any atom is 0.451 e. The number of halogens is 3. The molecule has 0 spiro atoms. The van der Waals surface area contributed by atoms with E-state index in [0.717, 1.165) is 11.1 Å². The van der Waals surface area contributed by atoms with Crippen LogP contribution < -0.4 is 19.9 Å². The fraction of sp³-hybridized carbons (Fsp3) is 0.462. The highest BCUT2D eigenvalue weighted by atomic mass is 19.4. The first kappa shape index (κ1) is 22.7. The van der Waals surface area contributed by atoms with E-state index in [1.54, 1.807) is 12.1 Å². The molecule has 6 rings (SSSR count). The van der Waals surface area contributed by atoms with Crippen LogP contribution in [0.1, 0.15) is 59.0 Å². The number of hydrogen-bond donors (Lipinski definition) is 2. The summed E-state index contributed by atoms with van der Waals surface area (Å²) in [4.78, 5) is 36.0. The molecule has 2 aliphatic heterocycles. The van der Waals surface area contributed by atoms with Crippen molar-refractivity contribution in [3.05, 3.63) is 47.3 Å². The van der Waals surface area contributed by atoms with Crippen LogP contribution >= 0.6 is 0 Å². The monoisotopic (exact) mass is 559 g/mol. The van der Waals surface area contributed by atoms with Crippen LogP contribution in [0.25, 0.3) is 0 Å². The molecule has 11 nitrogen and oxygen atoms in total. The Balaban J connectivity index is 1.22. The van der Waals surface area contributed by atoms with Crippen molar-refractivity contribution in [2.75, 3.05) is 35.2 Å². The van der Waals surface area contributed by atoms with Gasteiger partial charge in [0.05, 0.1) is 24.2 Å². The van der Waals surface area contributed by atoms with Crippen LogP contribution in [0.4, 0.5) is 30.6 Å². The van der Waals surface area contributed by atoms with E-state index in [0.29, 0.717) is 49.2 Å². The molecule has 0 radical (unpaired) electrons. The molecular formula is C26H27F3N8O3. The van der Waals surface area contributed by atoms with Gasteiger partial charge >= 0.3 is 6.18 Å². The molecule has 5 heterocycles. The molecule has 1 amide bonds. The predicted molar refractivity (Wildman–Crippen MR) is 137 cm³/mol. The number of likely N-dealkylation sites (N-methyl/N-ethyl adjacent to an activating group) is 1. The first-order chi connectivity index (χ1) is 20.3. The van der Waals surface area contributed by atoms with Gasteiger partial charge in [-0.2, -0.15) is 18.2 Å². The normalized spacial score (nSPS) is 21.8. The number of hydrogen-bond acceptors (Lipinski definition) is 10. The van der Waals surface area contributed by atoms with Gasteiger partial charge in [0.15, 0.2) is 11.6 Å².